The first kappa shape index (κ1) is 21.4. The number of hydrogen-bond acceptors (Lipinski definition) is 4. The van der Waals surface area contributed by atoms with Crippen molar-refractivity contribution in [1.82, 2.24) is 5.32 Å². The van der Waals surface area contributed by atoms with Crippen molar-refractivity contribution >= 4 is 21.6 Å². The molecule has 3 aromatic carbocycles. The summed E-state index contributed by atoms with van der Waals surface area (Å²) in [5.74, 6) is 0.381. The third kappa shape index (κ3) is 5.39. The molecule has 30 heavy (non-hydrogen) atoms. The van der Waals surface area contributed by atoms with Crippen LogP contribution in [0.2, 0.25) is 0 Å². The predicted octanol–water partition coefficient (Wildman–Crippen LogP) is 3.78. The molecule has 0 saturated carbocycles. The summed E-state index contributed by atoms with van der Waals surface area (Å²) in [7, 11) is -2.23. The van der Waals surface area contributed by atoms with Gasteiger partial charge in [0.15, 0.2) is 0 Å². The molecule has 6 nitrogen and oxygen atoms in total. The summed E-state index contributed by atoms with van der Waals surface area (Å²) in [6.45, 7) is 2.28. The second-order valence-corrected chi connectivity index (χ2v) is 8.48. The summed E-state index contributed by atoms with van der Waals surface area (Å²) in [6, 6.07) is 20.9. The number of benzene rings is 3. The van der Waals surface area contributed by atoms with Gasteiger partial charge < -0.3 is 10.1 Å². The van der Waals surface area contributed by atoms with Gasteiger partial charge in [-0.1, -0.05) is 30.3 Å². The number of ether oxygens (including phenoxy) is 1. The zero-order valence-electron chi connectivity index (χ0n) is 16.9. The average molecular weight is 425 g/mol. The topological polar surface area (TPSA) is 84.5 Å². The van der Waals surface area contributed by atoms with Gasteiger partial charge in [0, 0.05) is 12.1 Å². The van der Waals surface area contributed by atoms with E-state index < -0.39 is 10.0 Å². The Kier molecular flexibility index (Phi) is 6.74. The van der Waals surface area contributed by atoms with Gasteiger partial charge in [-0.25, -0.2) is 8.42 Å². The number of hydrogen-bond donors (Lipinski definition) is 2. The van der Waals surface area contributed by atoms with Crippen molar-refractivity contribution in [1.29, 1.82) is 0 Å². The van der Waals surface area contributed by atoms with Gasteiger partial charge >= 0.3 is 0 Å². The number of sulfonamides is 1. The zero-order valence-corrected chi connectivity index (χ0v) is 17.7. The molecule has 0 unspecified atom stereocenters. The van der Waals surface area contributed by atoms with Crippen molar-refractivity contribution in [3.63, 3.8) is 0 Å². The maximum atomic E-state index is 12.6. The number of anilines is 1. The van der Waals surface area contributed by atoms with Crippen molar-refractivity contribution in [2.75, 3.05) is 18.4 Å². The normalized spacial score (nSPS) is 11.0. The molecule has 7 heteroatoms. The molecule has 1 amide bonds. The Morgan fingerprint density at radius 3 is 2.30 bits per heavy atom. The summed E-state index contributed by atoms with van der Waals surface area (Å²) in [4.78, 5) is 12.5. The van der Waals surface area contributed by atoms with E-state index in [0.717, 1.165) is 12.0 Å². The molecule has 3 rings (SSSR count). The van der Waals surface area contributed by atoms with Crippen molar-refractivity contribution in [3.8, 4) is 5.75 Å². The molecule has 0 bridgehead atoms. The third-order valence-electron chi connectivity index (χ3n) is 4.64. The summed E-state index contributed by atoms with van der Waals surface area (Å²) in [5.41, 5.74) is 2.71. The summed E-state index contributed by atoms with van der Waals surface area (Å²) in [5, 5.41) is 2.89. The highest BCUT2D eigenvalue weighted by Crippen LogP contribution is 2.22. The number of aryl methyl sites for hydroxylation is 1. The van der Waals surface area contributed by atoms with E-state index in [4.69, 9.17) is 4.74 Å². The van der Waals surface area contributed by atoms with Crippen LogP contribution in [0.3, 0.4) is 0 Å². The molecule has 2 N–H and O–H groups in total. The molecule has 0 saturated heterocycles. The fourth-order valence-corrected chi connectivity index (χ4v) is 4.08. The highest BCUT2D eigenvalue weighted by molar-refractivity contribution is 7.92. The van der Waals surface area contributed by atoms with Crippen molar-refractivity contribution in [2.45, 2.75) is 18.2 Å². The summed E-state index contributed by atoms with van der Waals surface area (Å²) >= 11 is 0. The van der Waals surface area contributed by atoms with Gasteiger partial charge in [-0.05, 0) is 66.9 Å². The lowest BCUT2D eigenvalue weighted by Crippen LogP contribution is -2.25. The Morgan fingerprint density at radius 2 is 1.67 bits per heavy atom. The minimum Gasteiger partial charge on any atom is -0.497 e. The second-order valence-electron chi connectivity index (χ2n) is 6.80. The summed E-state index contributed by atoms with van der Waals surface area (Å²) in [6.07, 6.45) is 0.741. The van der Waals surface area contributed by atoms with Crippen LogP contribution in [0.25, 0.3) is 0 Å². The molecule has 0 aliphatic heterocycles. The van der Waals surface area contributed by atoms with Crippen molar-refractivity contribution in [2.24, 2.45) is 0 Å². The molecule has 0 spiro atoms. The Bertz CT molecular complexity index is 1110. The van der Waals surface area contributed by atoms with E-state index in [0.29, 0.717) is 29.1 Å². The van der Waals surface area contributed by atoms with Crippen LogP contribution in [0.15, 0.2) is 77.7 Å². The van der Waals surface area contributed by atoms with Gasteiger partial charge in [0.2, 0.25) is 0 Å². The van der Waals surface area contributed by atoms with Crippen LogP contribution in [-0.4, -0.2) is 28.0 Å². The minimum atomic E-state index is -3.74. The second kappa shape index (κ2) is 9.45. The first-order valence-corrected chi connectivity index (χ1v) is 11.0. The van der Waals surface area contributed by atoms with E-state index in [-0.39, 0.29) is 10.8 Å². The minimum absolute atomic E-state index is 0.130. The maximum absolute atomic E-state index is 12.6. The SMILES string of the molecule is COc1ccc(S(=O)(=O)Nc2ccc(C(=O)NCCc3ccccc3)cc2C)cc1. The molecule has 156 valence electrons. The lowest BCUT2D eigenvalue weighted by Gasteiger charge is -2.12. The van der Waals surface area contributed by atoms with Crippen LogP contribution in [0.1, 0.15) is 21.5 Å². The van der Waals surface area contributed by atoms with E-state index in [9.17, 15) is 13.2 Å². The molecule has 0 aliphatic carbocycles. The van der Waals surface area contributed by atoms with Crippen LogP contribution < -0.4 is 14.8 Å². The number of amides is 1. The number of carbonyl (C=O) groups is 1. The van der Waals surface area contributed by atoms with Gasteiger partial charge in [0.25, 0.3) is 15.9 Å². The lowest BCUT2D eigenvalue weighted by molar-refractivity contribution is 0.0954. The highest BCUT2D eigenvalue weighted by atomic mass is 32.2. The van der Waals surface area contributed by atoms with Gasteiger partial charge in [0.1, 0.15) is 5.75 Å². The fraction of sp³-hybridized carbons (Fsp3) is 0.174. The van der Waals surface area contributed by atoms with Crippen molar-refractivity contribution in [3.05, 3.63) is 89.5 Å². The lowest BCUT2D eigenvalue weighted by atomic mass is 10.1. The Hall–Kier alpha value is -3.32. The van der Waals surface area contributed by atoms with Crippen LogP contribution in [0, 0.1) is 6.92 Å². The zero-order chi connectivity index (χ0) is 21.6. The van der Waals surface area contributed by atoms with E-state index in [1.165, 1.54) is 19.2 Å². The van der Waals surface area contributed by atoms with Crippen LogP contribution >= 0.6 is 0 Å². The Morgan fingerprint density at radius 1 is 0.967 bits per heavy atom. The molecule has 3 aromatic rings. The summed E-state index contributed by atoms with van der Waals surface area (Å²) < 4.78 is 32.9. The molecule has 0 radical (unpaired) electrons. The van der Waals surface area contributed by atoms with E-state index >= 15 is 0 Å². The van der Waals surface area contributed by atoms with Crippen LogP contribution in [-0.2, 0) is 16.4 Å². The van der Waals surface area contributed by atoms with Gasteiger partial charge in [-0.2, -0.15) is 0 Å². The van der Waals surface area contributed by atoms with Gasteiger partial charge in [-0.3, -0.25) is 9.52 Å². The quantitative estimate of drug-likeness (QED) is 0.576. The Labute approximate surface area is 177 Å². The first-order valence-electron chi connectivity index (χ1n) is 9.49. The number of nitrogens with one attached hydrogen (secondary N) is 2. The number of methoxy groups -OCH3 is 1. The molecule has 0 heterocycles. The molecule has 0 atom stereocenters. The van der Waals surface area contributed by atoms with E-state index in [1.807, 2.05) is 30.3 Å². The first-order chi connectivity index (χ1) is 14.4. The van der Waals surface area contributed by atoms with E-state index in [1.54, 1.807) is 37.3 Å². The predicted molar refractivity (Wildman–Crippen MR) is 117 cm³/mol. The fourth-order valence-electron chi connectivity index (χ4n) is 2.95. The number of carbonyl (C=O) groups excluding carboxylic acids is 1. The smallest absolute Gasteiger partial charge is 0.261 e. The van der Waals surface area contributed by atoms with E-state index in [2.05, 4.69) is 10.0 Å². The largest absolute Gasteiger partial charge is 0.497 e. The van der Waals surface area contributed by atoms with Crippen molar-refractivity contribution < 1.29 is 17.9 Å². The molecule has 0 aliphatic rings. The molecule has 0 fully saturated rings. The average Bonchev–Trinajstić information content (AvgIpc) is 2.75. The standard InChI is InChI=1S/C23H24N2O4S/c1-17-16-19(23(26)24-15-14-18-6-4-3-5-7-18)8-13-22(17)25-30(27,28)21-11-9-20(29-2)10-12-21/h3-13,16,25H,14-15H2,1-2H3,(H,24,26). The Balaban J connectivity index is 1.64. The molecular formula is C23H24N2O4S. The maximum Gasteiger partial charge on any atom is 0.261 e. The monoisotopic (exact) mass is 424 g/mol. The molecular weight excluding hydrogens is 400 g/mol. The highest BCUT2D eigenvalue weighted by Gasteiger charge is 2.16. The van der Waals surface area contributed by atoms with Crippen LogP contribution in [0.4, 0.5) is 5.69 Å². The molecule has 0 aromatic heterocycles. The number of rotatable bonds is 8. The third-order valence-corrected chi connectivity index (χ3v) is 6.03. The van der Waals surface area contributed by atoms with Gasteiger partial charge in [-0.15, -0.1) is 0 Å². The van der Waals surface area contributed by atoms with Crippen LogP contribution in [0.5, 0.6) is 5.75 Å². The van der Waals surface area contributed by atoms with Gasteiger partial charge in [0.05, 0.1) is 17.7 Å².